The van der Waals surface area contributed by atoms with Crippen molar-refractivity contribution in [1.29, 1.82) is 0 Å². The molecule has 0 N–H and O–H groups in total. The number of carbonyl (C=O) groups excluding carboxylic acids is 1. The topological polar surface area (TPSA) is 57.7 Å². The molecule has 20 heavy (non-hydrogen) atoms. The summed E-state index contributed by atoms with van der Waals surface area (Å²) in [4.78, 5) is 14.0. The van der Waals surface area contributed by atoms with Gasteiger partial charge in [0.05, 0.1) is 11.4 Å². The second kappa shape index (κ2) is 5.54. The quantitative estimate of drug-likeness (QED) is 0.843. The molecule has 6 heteroatoms. The molecule has 5 nitrogen and oxygen atoms in total. The monoisotopic (exact) mass is 296 g/mol. The SMILES string of the molecule is Cc1ccc(S(=O)(=O)N2CCN(C(C)C)C(=O)C2)cc1. The van der Waals surface area contributed by atoms with Crippen LogP contribution in [-0.4, -0.2) is 49.2 Å². The lowest BCUT2D eigenvalue weighted by Crippen LogP contribution is -2.54. The van der Waals surface area contributed by atoms with Crippen molar-refractivity contribution in [3.63, 3.8) is 0 Å². The fourth-order valence-electron chi connectivity index (χ4n) is 2.28. The van der Waals surface area contributed by atoms with Crippen molar-refractivity contribution < 1.29 is 13.2 Å². The van der Waals surface area contributed by atoms with E-state index in [1.54, 1.807) is 29.2 Å². The highest BCUT2D eigenvalue weighted by Crippen LogP contribution is 2.19. The van der Waals surface area contributed by atoms with E-state index < -0.39 is 10.0 Å². The van der Waals surface area contributed by atoms with Gasteiger partial charge in [-0.15, -0.1) is 0 Å². The molecule has 1 aliphatic rings. The zero-order chi connectivity index (χ0) is 14.9. The number of piperazine rings is 1. The standard InChI is InChI=1S/C14H20N2O3S/c1-11(2)16-9-8-15(10-14(16)17)20(18,19)13-6-4-12(3)5-7-13/h4-7,11H,8-10H2,1-3H3. The molecule has 1 amide bonds. The number of hydrogen-bond donors (Lipinski definition) is 0. The van der Waals surface area contributed by atoms with Crippen LogP contribution in [0.5, 0.6) is 0 Å². The van der Waals surface area contributed by atoms with Gasteiger partial charge in [-0.25, -0.2) is 8.42 Å². The average molecular weight is 296 g/mol. The van der Waals surface area contributed by atoms with Crippen molar-refractivity contribution in [3.05, 3.63) is 29.8 Å². The average Bonchev–Trinajstić information content (AvgIpc) is 2.38. The van der Waals surface area contributed by atoms with Gasteiger partial charge in [0.1, 0.15) is 0 Å². The highest BCUT2D eigenvalue weighted by atomic mass is 32.2. The maximum atomic E-state index is 12.5. The van der Waals surface area contributed by atoms with Crippen molar-refractivity contribution in [2.75, 3.05) is 19.6 Å². The lowest BCUT2D eigenvalue weighted by atomic mass is 10.2. The number of benzene rings is 1. The van der Waals surface area contributed by atoms with Crippen LogP contribution in [0.2, 0.25) is 0 Å². The number of carbonyl (C=O) groups is 1. The molecule has 0 saturated carbocycles. The first-order valence-electron chi connectivity index (χ1n) is 6.68. The van der Waals surface area contributed by atoms with Crippen LogP contribution < -0.4 is 0 Å². The molecule has 110 valence electrons. The van der Waals surface area contributed by atoms with Gasteiger partial charge in [-0.2, -0.15) is 4.31 Å². The molecule has 1 saturated heterocycles. The third kappa shape index (κ3) is 2.86. The Morgan fingerprint density at radius 2 is 1.70 bits per heavy atom. The molecular formula is C14H20N2O3S. The van der Waals surface area contributed by atoms with Crippen LogP contribution in [0.4, 0.5) is 0 Å². The maximum Gasteiger partial charge on any atom is 0.243 e. The number of amides is 1. The van der Waals surface area contributed by atoms with Crippen molar-refractivity contribution in [2.24, 2.45) is 0 Å². The molecule has 0 aliphatic carbocycles. The van der Waals surface area contributed by atoms with Crippen molar-refractivity contribution in [2.45, 2.75) is 31.7 Å². The molecule has 0 atom stereocenters. The molecule has 1 aliphatic heterocycles. The Bertz CT molecular complexity index is 593. The third-order valence-electron chi connectivity index (χ3n) is 3.50. The van der Waals surface area contributed by atoms with E-state index in [-0.39, 0.29) is 23.4 Å². The van der Waals surface area contributed by atoms with E-state index in [0.717, 1.165) is 5.56 Å². The van der Waals surface area contributed by atoms with E-state index >= 15 is 0 Å². The zero-order valence-electron chi connectivity index (χ0n) is 12.0. The molecule has 0 aromatic heterocycles. The molecule has 1 fully saturated rings. The molecular weight excluding hydrogens is 276 g/mol. The molecule has 0 unspecified atom stereocenters. The highest BCUT2D eigenvalue weighted by Gasteiger charge is 2.33. The minimum Gasteiger partial charge on any atom is -0.338 e. The van der Waals surface area contributed by atoms with E-state index in [0.29, 0.717) is 13.1 Å². The van der Waals surface area contributed by atoms with Gasteiger partial charge in [0.15, 0.2) is 0 Å². The summed E-state index contributed by atoms with van der Waals surface area (Å²) in [5.41, 5.74) is 1.00. The van der Waals surface area contributed by atoms with Crippen LogP contribution in [-0.2, 0) is 14.8 Å². The van der Waals surface area contributed by atoms with Crippen LogP contribution in [0.1, 0.15) is 19.4 Å². The number of nitrogens with zero attached hydrogens (tertiary/aromatic N) is 2. The molecule has 1 heterocycles. The van der Waals surface area contributed by atoms with E-state index in [1.165, 1.54) is 4.31 Å². The van der Waals surface area contributed by atoms with Crippen LogP contribution in [0.3, 0.4) is 0 Å². The van der Waals surface area contributed by atoms with Gasteiger partial charge in [0, 0.05) is 19.1 Å². The van der Waals surface area contributed by atoms with E-state index in [1.807, 2.05) is 20.8 Å². The molecule has 0 spiro atoms. The van der Waals surface area contributed by atoms with Crippen LogP contribution >= 0.6 is 0 Å². The van der Waals surface area contributed by atoms with Gasteiger partial charge in [-0.1, -0.05) is 17.7 Å². The number of aryl methyl sites for hydroxylation is 1. The zero-order valence-corrected chi connectivity index (χ0v) is 12.9. The summed E-state index contributed by atoms with van der Waals surface area (Å²) in [6, 6.07) is 6.80. The van der Waals surface area contributed by atoms with Crippen LogP contribution in [0, 0.1) is 6.92 Å². The first kappa shape index (κ1) is 15.0. The molecule has 0 bridgehead atoms. The Kier molecular flexibility index (Phi) is 4.15. The molecule has 0 radical (unpaired) electrons. The predicted molar refractivity (Wildman–Crippen MR) is 76.8 cm³/mol. The fourth-order valence-corrected chi connectivity index (χ4v) is 3.66. The lowest BCUT2D eigenvalue weighted by Gasteiger charge is -2.35. The van der Waals surface area contributed by atoms with Gasteiger partial charge >= 0.3 is 0 Å². The van der Waals surface area contributed by atoms with Gasteiger partial charge in [0.2, 0.25) is 15.9 Å². The maximum absolute atomic E-state index is 12.5. The summed E-state index contributed by atoms with van der Waals surface area (Å²) in [7, 11) is -3.58. The van der Waals surface area contributed by atoms with Crippen LogP contribution in [0.15, 0.2) is 29.2 Å². The number of rotatable bonds is 3. The van der Waals surface area contributed by atoms with Gasteiger partial charge in [-0.3, -0.25) is 4.79 Å². The fraction of sp³-hybridized carbons (Fsp3) is 0.500. The minimum absolute atomic E-state index is 0.0750. The molecule has 2 rings (SSSR count). The van der Waals surface area contributed by atoms with Gasteiger partial charge in [0.25, 0.3) is 0 Å². The summed E-state index contributed by atoms with van der Waals surface area (Å²) in [6.45, 7) is 6.49. The molecule has 1 aromatic carbocycles. The predicted octanol–water partition coefficient (Wildman–Crippen LogP) is 1.24. The number of hydrogen-bond acceptors (Lipinski definition) is 3. The Morgan fingerprint density at radius 3 is 2.20 bits per heavy atom. The summed E-state index contributed by atoms with van der Waals surface area (Å²) in [6.07, 6.45) is 0. The Balaban J connectivity index is 2.20. The largest absolute Gasteiger partial charge is 0.338 e. The summed E-state index contributed by atoms with van der Waals surface area (Å²) in [5.74, 6) is -0.137. The second-order valence-corrected chi connectivity index (χ2v) is 7.27. The van der Waals surface area contributed by atoms with E-state index in [4.69, 9.17) is 0 Å². The van der Waals surface area contributed by atoms with E-state index in [2.05, 4.69) is 0 Å². The smallest absolute Gasteiger partial charge is 0.243 e. The first-order valence-corrected chi connectivity index (χ1v) is 8.12. The summed E-state index contributed by atoms with van der Waals surface area (Å²) >= 11 is 0. The van der Waals surface area contributed by atoms with Crippen LogP contribution in [0.25, 0.3) is 0 Å². The first-order chi connectivity index (χ1) is 9.32. The highest BCUT2D eigenvalue weighted by molar-refractivity contribution is 7.89. The molecule has 1 aromatic rings. The minimum atomic E-state index is -3.58. The van der Waals surface area contributed by atoms with E-state index in [9.17, 15) is 13.2 Å². The van der Waals surface area contributed by atoms with Gasteiger partial charge in [-0.05, 0) is 32.9 Å². The summed E-state index contributed by atoms with van der Waals surface area (Å²) < 4.78 is 26.2. The third-order valence-corrected chi connectivity index (χ3v) is 5.36. The Labute approximate surface area is 120 Å². The van der Waals surface area contributed by atoms with Crippen molar-refractivity contribution in [1.82, 2.24) is 9.21 Å². The lowest BCUT2D eigenvalue weighted by molar-refractivity contribution is -0.135. The van der Waals surface area contributed by atoms with Crippen molar-refractivity contribution >= 4 is 15.9 Å². The number of sulfonamides is 1. The Hall–Kier alpha value is -1.40. The Morgan fingerprint density at radius 1 is 1.10 bits per heavy atom. The van der Waals surface area contributed by atoms with Crippen molar-refractivity contribution in [3.8, 4) is 0 Å². The summed E-state index contributed by atoms with van der Waals surface area (Å²) in [5, 5.41) is 0. The normalized spacial score (nSPS) is 17.8. The van der Waals surface area contributed by atoms with Gasteiger partial charge < -0.3 is 4.90 Å². The second-order valence-electron chi connectivity index (χ2n) is 5.33.